The van der Waals surface area contributed by atoms with Crippen LogP contribution in [0, 0.1) is 23.0 Å². The molecule has 0 amide bonds. The van der Waals surface area contributed by atoms with Gasteiger partial charge < -0.3 is 10.6 Å². The number of oxime groups is 1. The van der Waals surface area contributed by atoms with Crippen molar-refractivity contribution in [1.82, 2.24) is 0 Å². The zero-order valence-electron chi connectivity index (χ0n) is 10.9. The van der Waals surface area contributed by atoms with Gasteiger partial charge in [0.05, 0.1) is 11.6 Å². The predicted molar refractivity (Wildman–Crippen MR) is 73.0 cm³/mol. The second-order valence-electron chi connectivity index (χ2n) is 4.15. The molecule has 0 saturated carbocycles. The number of benzene rings is 2. The molecular weight excluding hydrogens is 276 g/mol. The van der Waals surface area contributed by atoms with Gasteiger partial charge in [-0.15, -0.1) is 0 Å². The lowest BCUT2D eigenvalue weighted by atomic mass is 10.1. The van der Waals surface area contributed by atoms with E-state index in [0.717, 1.165) is 12.1 Å². The number of rotatable bonds is 4. The lowest BCUT2D eigenvalue weighted by Gasteiger charge is -2.04. The van der Waals surface area contributed by atoms with Gasteiger partial charge in [-0.25, -0.2) is 8.78 Å². The van der Waals surface area contributed by atoms with Crippen LogP contribution in [0.3, 0.4) is 0 Å². The van der Waals surface area contributed by atoms with Gasteiger partial charge >= 0.3 is 0 Å². The normalized spacial score (nSPS) is 11.0. The number of amidine groups is 1. The maximum atomic E-state index is 13.1. The van der Waals surface area contributed by atoms with Crippen molar-refractivity contribution in [2.75, 3.05) is 0 Å². The van der Waals surface area contributed by atoms with E-state index in [1.54, 1.807) is 24.3 Å². The summed E-state index contributed by atoms with van der Waals surface area (Å²) < 4.78 is 25.9. The Hall–Kier alpha value is -2.94. The molecular formula is C15H11F2N3O. The molecule has 0 bridgehead atoms. The van der Waals surface area contributed by atoms with Crippen LogP contribution in [0.1, 0.15) is 16.7 Å². The van der Waals surface area contributed by atoms with Crippen molar-refractivity contribution in [2.24, 2.45) is 10.9 Å². The van der Waals surface area contributed by atoms with Crippen LogP contribution in [0.4, 0.5) is 8.78 Å². The molecule has 4 nitrogen and oxygen atoms in total. The van der Waals surface area contributed by atoms with Gasteiger partial charge in [0.1, 0.15) is 6.61 Å². The highest BCUT2D eigenvalue weighted by Crippen LogP contribution is 2.10. The average molecular weight is 287 g/mol. The van der Waals surface area contributed by atoms with Gasteiger partial charge in [-0.3, -0.25) is 0 Å². The van der Waals surface area contributed by atoms with Crippen LogP contribution >= 0.6 is 0 Å². The Morgan fingerprint density at radius 3 is 2.67 bits per heavy atom. The van der Waals surface area contributed by atoms with E-state index in [1.807, 2.05) is 6.07 Å². The van der Waals surface area contributed by atoms with Crippen molar-refractivity contribution < 1.29 is 13.6 Å². The summed E-state index contributed by atoms with van der Waals surface area (Å²) in [5.41, 5.74) is 6.96. The molecule has 0 saturated heterocycles. The Balaban J connectivity index is 2.07. The summed E-state index contributed by atoms with van der Waals surface area (Å²) in [5.74, 6) is -2.06. The molecule has 0 unspecified atom stereocenters. The number of hydrogen-bond donors (Lipinski definition) is 1. The molecule has 0 atom stereocenters. The third kappa shape index (κ3) is 3.54. The first kappa shape index (κ1) is 14.5. The van der Waals surface area contributed by atoms with Gasteiger partial charge in [0.2, 0.25) is 0 Å². The zero-order chi connectivity index (χ0) is 15.2. The molecule has 21 heavy (non-hydrogen) atoms. The summed E-state index contributed by atoms with van der Waals surface area (Å²) >= 11 is 0. The van der Waals surface area contributed by atoms with E-state index < -0.39 is 11.6 Å². The van der Waals surface area contributed by atoms with E-state index in [9.17, 15) is 8.78 Å². The third-order valence-corrected chi connectivity index (χ3v) is 2.74. The van der Waals surface area contributed by atoms with E-state index in [2.05, 4.69) is 5.16 Å². The highest BCUT2D eigenvalue weighted by atomic mass is 19.2. The second-order valence-corrected chi connectivity index (χ2v) is 4.15. The summed E-state index contributed by atoms with van der Waals surface area (Å²) in [6.07, 6.45) is 0. The fourth-order valence-corrected chi connectivity index (χ4v) is 1.63. The number of hydrogen-bond acceptors (Lipinski definition) is 3. The Bertz CT molecular complexity index is 723. The smallest absolute Gasteiger partial charge is 0.170 e. The maximum Gasteiger partial charge on any atom is 0.170 e. The summed E-state index contributed by atoms with van der Waals surface area (Å²) in [6, 6.07) is 12.1. The molecule has 0 radical (unpaired) electrons. The minimum absolute atomic E-state index is 0.0497. The third-order valence-electron chi connectivity index (χ3n) is 2.74. The van der Waals surface area contributed by atoms with Crippen LogP contribution in [0.5, 0.6) is 0 Å². The largest absolute Gasteiger partial charge is 0.389 e. The van der Waals surface area contributed by atoms with Crippen LogP contribution < -0.4 is 5.73 Å². The molecule has 0 spiro atoms. The van der Waals surface area contributed by atoms with E-state index >= 15 is 0 Å². The number of nitrogens with zero attached hydrogens (tertiary/aromatic N) is 2. The Labute approximate surface area is 120 Å². The molecule has 2 N–H and O–H groups in total. The Morgan fingerprint density at radius 2 is 1.95 bits per heavy atom. The topological polar surface area (TPSA) is 71.4 Å². The predicted octanol–water partition coefficient (Wildman–Crippen LogP) is 2.67. The Morgan fingerprint density at radius 1 is 1.19 bits per heavy atom. The van der Waals surface area contributed by atoms with Crippen molar-refractivity contribution in [3.05, 3.63) is 70.8 Å². The molecule has 6 heteroatoms. The van der Waals surface area contributed by atoms with Gasteiger partial charge in [-0.2, -0.15) is 5.26 Å². The highest BCUT2D eigenvalue weighted by Gasteiger charge is 2.06. The summed E-state index contributed by atoms with van der Waals surface area (Å²) in [5, 5.41) is 12.6. The first-order valence-electron chi connectivity index (χ1n) is 6.00. The first-order valence-corrected chi connectivity index (χ1v) is 6.00. The van der Waals surface area contributed by atoms with Gasteiger partial charge in [0.15, 0.2) is 17.5 Å². The van der Waals surface area contributed by atoms with Crippen LogP contribution in [0.25, 0.3) is 0 Å². The van der Waals surface area contributed by atoms with E-state index in [0.29, 0.717) is 11.1 Å². The van der Waals surface area contributed by atoms with Crippen molar-refractivity contribution >= 4 is 5.84 Å². The van der Waals surface area contributed by atoms with Crippen molar-refractivity contribution in [1.29, 1.82) is 5.26 Å². The van der Waals surface area contributed by atoms with Crippen LogP contribution in [-0.2, 0) is 11.4 Å². The van der Waals surface area contributed by atoms with Crippen LogP contribution in [-0.4, -0.2) is 5.84 Å². The molecule has 2 aromatic carbocycles. The summed E-state index contributed by atoms with van der Waals surface area (Å²) in [6.45, 7) is 0.0497. The highest BCUT2D eigenvalue weighted by molar-refractivity contribution is 5.97. The van der Waals surface area contributed by atoms with Crippen LogP contribution in [0.2, 0.25) is 0 Å². The van der Waals surface area contributed by atoms with E-state index in [-0.39, 0.29) is 18.0 Å². The second kappa shape index (κ2) is 6.48. The summed E-state index contributed by atoms with van der Waals surface area (Å²) in [4.78, 5) is 5.04. The molecule has 0 heterocycles. The standard InChI is InChI=1S/C15H11F2N3O/c16-13-6-5-10(7-14(13)17)15(19)20-21-9-12-4-2-1-3-11(12)8-18/h1-7H,9H2,(H2,19,20). The SMILES string of the molecule is N#Cc1ccccc1CON=C(N)c1ccc(F)c(F)c1. The van der Waals surface area contributed by atoms with E-state index in [1.165, 1.54) is 6.07 Å². The molecule has 0 aliphatic heterocycles. The fraction of sp³-hybridized carbons (Fsp3) is 0.0667. The molecule has 2 aromatic rings. The van der Waals surface area contributed by atoms with Gasteiger partial charge in [-0.05, 0) is 24.3 Å². The van der Waals surface area contributed by atoms with Crippen molar-refractivity contribution in [2.45, 2.75) is 6.61 Å². The maximum absolute atomic E-state index is 13.1. The minimum atomic E-state index is -1.01. The lowest BCUT2D eigenvalue weighted by Crippen LogP contribution is -2.14. The molecule has 0 aliphatic rings. The number of nitrogens with two attached hydrogens (primary N) is 1. The summed E-state index contributed by atoms with van der Waals surface area (Å²) in [7, 11) is 0. The average Bonchev–Trinajstić information content (AvgIpc) is 2.50. The molecule has 0 aromatic heterocycles. The van der Waals surface area contributed by atoms with Crippen molar-refractivity contribution in [3.8, 4) is 6.07 Å². The van der Waals surface area contributed by atoms with E-state index in [4.69, 9.17) is 15.8 Å². The first-order chi connectivity index (χ1) is 10.1. The number of nitriles is 1. The molecule has 0 fully saturated rings. The Kier molecular flexibility index (Phi) is 4.46. The van der Waals surface area contributed by atoms with Crippen molar-refractivity contribution in [3.63, 3.8) is 0 Å². The monoisotopic (exact) mass is 287 g/mol. The fourth-order valence-electron chi connectivity index (χ4n) is 1.63. The van der Waals surface area contributed by atoms with Crippen LogP contribution in [0.15, 0.2) is 47.6 Å². The minimum Gasteiger partial charge on any atom is -0.389 e. The molecule has 106 valence electrons. The van der Waals surface area contributed by atoms with Gasteiger partial charge in [-0.1, -0.05) is 23.4 Å². The molecule has 0 aliphatic carbocycles. The quantitative estimate of drug-likeness (QED) is 0.534. The van der Waals surface area contributed by atoms with Gasteiger partial charge in [0.25, 0.3) is 0 Å². The van der Waals surface area contributed by atoms with Gasteiger partial charge in [0, 0.05) is 11.1 Å². The number of halogens is 2. The molecule has 2 rings (SSSR count). The lowest BCUT2D eigenvalue weighted by molar-refractivity contribution is 0.130. The zero-order valence-corrected chi connectivity index (χ0v) is 10.9.